The molecule has 0 aliphatic carbocycles. The molecule has 5 nitrogen and oxygen atoms in total. The minimum atomic E-state index is -0.703. The van der Waals surface area contributed by atoms with E-state index in [0.29, 0.717) is 5.82 Å². The van der Waals surface area contributed by atoms with Crippen molar-refractivity contribution in [2.75, 3.05) is 5.32 Å². The molecule has 2 N–H and O–H groups in total. The highest BCUT2D eigenvalue weighted by Gasteiger charge is 2.10. The Hall–Kier alpha value is -2.54. The number of carbonyl (C=O) groups excluding carboxylic acids is 1. The molecule has 0 saturated heterocycles. The van der Waals surface area contributed by atoms with Gasteiger partial charge >= 0.3 is 0 Å². The first-order valence-electron chi connectivity index (χ1n) is 6.36. The van der Waals surface area contributed by atoms with Gasteiger partial charge in [-0.2, -0.15) is 9.49 Å². The number of aromatic nitrogens is 3. The summed E-state index contributed by atoms with van der Waals surface area (Å²) in [5, 5.41) is 9.47. The van der Waals surface area contributed by atoms with E-state index >= 15 is 0 Å². The molecule has 0 aliphatic heterocycles. The summed E-state index contributed by atoms with van der Waals surface area (Å²) in [7, 11) is 0. The summed E-state index contributed by atoms with van der Waals surface area (Å²) in [5.74, 6) is -0.791. The summed E-state index contributed by atoms with van der Waals surface area (Å²) in [6.45, 7) is 0. The van der Waals surface area contributed by atoms with Crippen LogP contribution < -0.4 is 5.32 Å². The van der Waals surface area contributed by atoms with Crippen molar-refractivity contribution >= 4 is 27.7 Å². The number of halogens is 2. The third-order valence-corrected chi connectivity index (χ3v) is 3.49. The lowest BCUT2D eigenvalue weighted by molar-refractivity contribution is 0.102. The minimum Gasteiger partial charge on any atom is -0.305 e. The predicted molar refractivity (Wildman–Crippen MR) is 83.9 cm³/mol. The van der Waals surface area contributed by atoms with Gasteiger partial charge in [0.15, 0.2) is 5.82 Å². The van der Waals surface area contributed by atoms with Crippen LogP contribution in [0, 0.1) is 5.95 Å². The molecule has 1 amide bonds. The van der Waals surface area contributed by atoms with Gasteiger partial charge in [0.25, 0.3) is 5.91 Å². The first kappa shape index (κ1) is 14.4. The molecule has 0 atom stereocenters. The normalized spacial score (nSPS) is 10.5. The van der Waals surface area contributed by atoms with E-state index in [1.807, 2.05) is 24.3 Å². The van der Waals surface area contributed by atoms with Crippen LogP contribution >= 0.6 is 15.9 Å². The average Bonchev–Trinajstić information content (AvgIpc) is 2.96. The smallest absolute Gasteiger partial charge is 0.257 e. The molecule has 0 saturated carbocycles. The maximum Gasteiger partial charge on any atom is 0.257 e. The van der Waals surface area contributed by atoms with Crippen LogP contribution in [0.3, 0.4) is 0 Å². The molecule has 7 heteroatoms. The maximum absolute atomic E-state index is 13.0. The van der Waals surface area contributed by atoms with Gasteiger partial charge in [-0.1, -0.05) is 28.1 Å². The molecule has 22 heavy (non-hydrogen) atoms. The largest absolute Gasteiger partial charge is 0.305 e. The van der Waals surface area contributed by atoms with E-state index in [-0.39, 0.29) is 5.56 Å². The Morgan fingerprint density at radius 1 is 1.18 bits per heavy atom. The fourth-order valence-corrected chi connectivity index (χ4v) is 2.16. The monoisotopic (exact) mass is 360 g/mol. The number of rotatable bonds is 3. The number of H-pyrrole nitrogens is 1. The van der Waals surface area contributed by atoms with Crippen molar-refractivity contribution in [2.24, 2.45) is 0 Å². The van der Waals surface area contributed by atoms with Crippen LogP contribution in [-0.2, 0) is 0 Å². The number of hydrogen-bond acceptors (Lipinski definition) is 3. The SMILES string of the molecule is O=C(Nc1cc(-c2ccc(Br)cc2)[nH]n1)c1ccnc(F)c1. The van der Waals surface area contributed by atoms with Gasteiger partial charge in [-0.3, -0.25) is 9.89 Å². The van der Waals surface area contributed by atoms with Crippen molar-refractivity contribution in [2.45, 2.75) is 0 Å². The first-order valence-corrected chi connectivity index (χ1v) is 7.15. The maximum atomic E-state index is 13.0. The molecule has 110 valence electrons. The van der Waals surface area contributed by atoms with Gasteiger partial charge in [-0.25, -0.2) is 4.98 Å². The fraction of sp³-hybridized carbons (Fsp3) is 0. The lowest BCUT2D eigenvalue weighted by Gasteiger charge is -2.01. The number of benzene rings is 1. The predicted octanol–water partition coefficient (Wildman–Crippen LogP) is 3.63. The van der Waals surface area contributed by atoms with Crippen LogP contribution in [0.4, 0.5) is 10.2 Å². The van der Waals surface area contributed by atoms with E-state index in [0.717, 1.165) is 21.8 Å². The standard InChI is InChI=1S/C15H10BrFN4O/c16-11-3-1-9(2-4-11)12-8-14(21-20-12)19-15(22)10-5-6-18-13(17)7-10/h1-8H,(H2,19,20,21,22). The Balaban J connectivity index is 1.77. The van der Waals surface area contributed by atoms with E-state index in [4.69, 9.17) is 0 Å². The van der Waals surface area contributed by atoms with Crippen LogP contribution in [0.25, 0.3) is 11.3 Å². The zero-order valence-corrected chi connectivity index (χ0v) is 12.8. The molecule has 0 fully saturated rings. The number of nitrogens with one attached hydrogen (secondary N) is 2. The molecule has 0 spiro atoms. The molecular formula is C15H10BrFN4O. The molecular weight excluding hydrogens is 351 g/mol. The number of carbonyl (C=O) groups is 1. The molecule has 2 aromatic heterocycles. The summed E-state index contributed by atoms with van der Waals surface area (Å²) in [5.41, 5.74) is 1.88. The van der Waals surface area contributed by atoms with Gasteiger partial charge in [0.05, 0.1) is 5.69 Å². The van der Waals surface area contributed by atoms with Crippen LogP contribution in [0.15, 0.2) is 53.1 Å². The third-order valence-electron chi connectivity index (χ3n) is 2.96. The second-order valence-electron chi connectivity index (χ2n) is 4.50. The van der Waals surface area contributed by atoms with Gasteiger partial charge in [-0.15, -0.1) is 0 Å². The number of pyridine rings is 1. The van der Waals surface area contributed by atoms with Crippen molar-refractivity contribution in [3.05, 3.63) is 64.6 Å². The van der Waals surface area contributed by atoms with Crippen LogP contribution in [0.2, 0.25) is 0 Å². The zero-order chi connectivity index (χ0) is 15.5. The van der Waals surface area contributed by atoms with E-state index in [1.54, 1.807) is 6.07 Å². The van der Waals surface area contributed by atoms with Crippen molar-refractivity contribution in [1.82, 2.24) is 15.2 Å². The van der Waals surface area contributed by atoms with Gasteiger partial charge < -0.3 is 5.32 Å². The number of anilines is 1. The fourth-order valence-electron chi connectivity index (χ4n) is 1.90. The van der Waals surface area contributed by atoms with Crippen molar-refractivity contribution in [3.8, 4) is 11.3 Å². The summed E-state index contributed by atoms with van der Waals surface area (Å²) in [6.07, 6.45) is 1.24. The Kier molecular flexibility index (Phi) is 3.97. The third kappa shape index (κ3) is 3.20. The molecule has 1 aromatic carbocycles. The second kappa shape index (κ2) is 6.07. The molecule has 2 heterocycles. The first-order chi connectivity index (χ1) is 10.6. The molecule has 3 aromatic rings. The summed E-state index contributed by atoms with van der Waals surface area (Å²) < 4.78 is 14.0. The number of nitrogens with zero attached hydrogens (tertiary/aromatic N) is 2. The highest BCUT2D eigenvalue weighted by molar-refractivity contribution is 9.10. The molecule has 3 rings (SSSR count). The highest BCUT2D eigenvalue weighted by atomic mass is 79.9. The van der Waals surface area contributed by atoms with Crippen LogP contribution in [0.5, 0.6) is 0 Å². The van der Waals surface area contributed by atoms with Gasteiger partial charge in [0, 0.05) is 28.4 Å². The lowest BCUT2D eigenvalue weighted by atomic mass is 10.1. The van der Waals surface area contributed by atoms with Crippen molar-refractivity contribution in [3.63, 3.8) is 0 Å². The number of aromatic amines is 1. The van der Waals surface area contributed by atoms with E-state index in [2.05, 4.69) is 36.4 Å². The second-order valence-corrected chi connectivity index (χ2v) is 5.41. The van der Waals surface area contributed by atoms with Gasteiger partial charge in [0.2, 0.25) is 5.95 Å². The van der Waals surface area contributed by atoms with E-state index in [9.17, 15) is 9.18 Å². The van der Waals surface area contributed by atoms with Crippen molar-refractivity contribution < 1.29 is 9.18 Å². The van der Waals surface area contributed by atoms with Gasteiger partial charge in [0.1, 0.15) is 0 Å². The summed E-state index contributed by atoms with van der Waals surface area (Å²) in [4.78, 5) is 15.4. The molecule has 0 bridgehead atoms. The van der Waals surface area contributed by atoms with E-state index < -0.39 is 11.9 Å². The minimum absolute atomic E-state index is 0.181. The van der Waals surface area contributed by atoms with Gasteiger partial charge in [-0.05, 0) is 23.8 Å². The Labute approximate surface area is 133 Å². The Morgan fingerprint density at radius 2 is 1.95 bits per heavy atom. The van der Waals surface area contributed by atoms with E-state index in [1.165, 1.54) is 12.3 Å². The average molecular weight is 361 g/mol. The van der Waals surface area contributed by atoms with Crippen molar-refractivity contribution in [1.29, 1.82) is 0 Å². The molecule has 0 radical (unpaired) electrons. The zero-order valence-electron chi connectivity index (χ0n) is 11.2. The summed E-state index contributed by atoms with van der Waals surface area (Å²) in [6, 6.07) is 11.9. The number of amides is 1. The number of hydrogen-bond donors (Lipinski definition) is 2. The Bertz CT molecular complexity index is 816. The highest BCUT2D eigenvalue weighted by Crippen LogP contribution is 2.22. The Morgan fingerprint density at radius 3 is 2.68 bits per heavy atom. The topological polar surface area (TPSA) is 70.7 Å². The summed E-state index contributed by atoms with van der Waals surface area (Å²) >= 11 is 3.37. The molecule has 0 aliphatic rings. The molecule has 0 unspecified atom stereocenters. The lowest BCUT2D eigenvalue weighted by Crippen LogP contribution is -2.12. The van der Waals surface area contributed by atoms with Crippen LogP contribution in [0.1, 0.15) is 10.4 Å². The van der Waals surface area contributed by atoms with Crippen LogP contribution in [-0.4, -0.2) is 21.1 Å². The quantitative estimate of drug-likeness (QED) is 0.700.